The molecule has 3 nitrogen and oxygen atoms in total. The lowest BCUT2D eigenvalue weighted by atomic mass is 10.0. The summed E-state index contributed by atoms with van der Waals surface area (Å²) in [5, 5.41) is 1.57. The van der Waals surface area contributed by atoms with Crippen LogP contribution in [-0.2, 0) is 0 Å². The van der Waals surface area contributed by atoms with Crippen molar-refractivity contribution < 1.29 is 0 Å². The second kappa shape index (κ2) is 7.09. The Morgan fingerprint density at radius 2 is 1.69 bits per heavy atom. The van der Waals surface area contributed by atoms with Crippen LogP contribution in [0.25, 0.3) is 21.3 Å². The van der Waals surface area contributed by atoms with Crippen molar-refractivity contribution in [3.8, 4) is 11.1 Å². The second-order valence-electron chi connectivity index (χ2n) is 6.12. The molecular weight excluding hydrogens is 360 g/mol. The number of thioether (sulfide) groups is 1. The quantitative estimate of drug-likeness (QED) is 0.360. The first-order valence-corrected chi connectivity index (χ1v) is 10.1. The fourth-order valence-electron chi connectivity index (χ4n) is 3.07. The molecule has 1 atom stereocenters. The minimum atomic E-state index is -0.0686. The van der Waals surface area contributed by atoms with Gasteiger partial charge in [-0.25, -0.2) is 4.98 Å². The van der Waals surface area contributed by atoms with Crippen LogP contribution in [0.1, 0.15) is 22.6 Å². The Kier molecular flexibility index (Phi) is 4.66. The molecule has 130 valence electrons. The lowest BCUT2D eigenvalue weighted by Crippen LogP contribution is -2.09. The Bertz CT molecular complexity index is 1100. The summed E-state index contributed by atoms with van der Waals surface area (Å²) in [6.45, 7) is 4.17. The standard InChI is InChI=1S/C21H18N2OS2/c1-13(15-9-5-3-6-10-15)26-21-22-19(24)18-17(14(2)25-20(18)23-21)16-11-7-4-8-12-16/h3-13H,1-2H3,(H,22,23,24)/t13-/m0/s1. The van der Waals surface area contributed by atoms with Gasteiger partial charge in [-0.3, -0.25) is 4.79 Å². The Morgan fingerprint density at radius 1 is 1.04 bits per heavy atom. The summed E-state index contributed by atoms with van der Waals surface area (Å²) < 4.78 is 0. The SMILES string of the molecule is Cc1sc2nc(S[C@@H](C)c3ccccc3)[nH]c(=O)c2c1-c1ccccc1. The number of hydrogen-bond acceptors (Lipinski definition) is 4. The predicted molar refractivity (Wildman–Crippen MR) is 111 cm³/mol. The molecule has 4 rings (SSSR count). The Hall–Kier alpha value is -2.37. The number of benzene rings is 2. The van der Waals surface area contributed by atoms with Gasteiger partial charge in [-0.15, -0.1) is 11.3 Å². The predicted octanol–water partition coefficient (Wildman–Crippen LogP) is 5.81. The molecule has 0 aliphatic heterocycles. The van der Waals surface area contributed by atoms with Gasteiger partial charge in [-0.1, -0.05) is 72.4 Å². The zero-order valence-electron chi connectivity index (χ0n) is 14.5. The minimum absolute atomic E-state index is 0.0686. The summed E-state index contributed by atoms with van der Waals surface area (Å²) in [6, 6.07) is 20.3. The summed E-state index contributed by atoms with van der Waals surface area (Å²) in [6.07, 6.45) is 0. The van der Waals surface area contributed by atoms with Gasteiger partial charge in [0.15, 0.2) is 5.16 Å². The van der Waals surface area contributed by atoms with E-state index in [1.165, 1.54) is 5.56 Å². The van der Waals surface area contributed by atoms with E-state index >= 15 is 0 Å². The van der Waals surface area contributed by atoms with Gasteiger partial charge < -0.3 is 4.98 Å². The number of nitrogens with one attached hydrogen (secondary N) is 1. The normalized spacial score (nSPS) is 12.4. The summed E-state index contributed by atoms with van der Waals surface area (Å²) in [5.41, 5.74) is 3.20. The lowest BCUT2D eigenvalue weighted by molar-refractivity contribution is 0.963. The third-order valence-electron chi connectivity index (χ3n) is 4.34. The zero-order chi connectivity index (χ0) is 18.1. The Balaban J connectivity index is 1.76. The van der Waals surface area contributed by atoms with Crippen molar-refractivity contribution in [2.75, 3.05) is 0 Å². The molecule has 0 unspecified atom stereocenters. The second-order valence-corrected chi connectivity index (χ2v) is 8.65. The number of aromatic nitrogens is 2. The van der Waals surface area contributed by atoms with Crippen LogP contribution in [0.5, 0.6) is 0 Å². The van der Waals surface area contributed by atoms with E-state index in [0.29, 0.717) is 10.5 Å². The third-order valence-corrected chi connectivity index (χ3v) is 6.38. The van der Waals surface area contributed by atoms with E-state index < -0.39 is 0 Å². The minimum Gasteiger partial charge on any atom is -0.301 e. The number of aromatic amines is 1. The monoisotopic (exact) mass is 378 g/mol. The highest BCUT2D eigenvalue weighted by Gasteiger charge is 2.17. The maximum absolute atomic E-state index is 12.8. The van der Waals surface area contributed by atoms with Gasteiger partial charge in [0.1, 0.15) is 4.83 Å². The summed E-state index contributed by atoms with van der Waals surface area (Å²) >= 11 is 3.16. The van der Waals surface area contributed by atoms with E-state index in [1.807, 2.05) is 55.5 Å². The van der Waals surface area contributed by atoms with Gasteiger partial charge in [0, 0.05) is 15.7 Å². The van der Waals surface area contributed by atoms with E-state index in [4.69, 9.17) is 4.98 Å². The summed E-state index contributed by atoms with van der Waals surface area (Å²) in [5.74, 6) is 0. The molecule has 0 saturated carbocycles. The fraction of sp³-hybridized carbons (Fsp3) is 0.143. The summed E-state index contributed by atoms with van der Waals surface area (Å²) in [4.78, 5) is 22.4. The van der Waals surface area contributed by atoms with Crippen LogP contribution < -0.4 is 5.56 Å². The highest BCUT2D eigenvalue weighted by atomic mass is 32.2. The van der Waals surface area contributed by atoms with Crippen molar-refractivity contribution in [1.29, 1.82) is 0 Å². The highest BCUT2D eigenvalue weighted by molar-refractivity contribution is 7.99. The number of fused-ring (bicyclic) bond motifs is 1. The first kappa shape index (κ1) is 17.1. The van der Waals surface area contributed by atoms with E-state index in [0.717, 1.165) is 20.8 Å². The molecule has 0 aliphatic carbocycles. The number of hydrogen-bond donors (Lipinski definition) is 1. The van der Waals surface area contributed by atoms with Crippen LogP contribution in [0, 0.1) is 6.92 Å². The van der Waals surface area contributed by atoms with E-state index in [-0.39, 0.29) is 10.8 Å². The molecule has 1 N–H and O–H groups in total. The lowest BCUT2D eigenvalue weighted by Gasteiger charge is -2.10. The summed E-state index contributed by atoms with van der Waals surface area (Å²) in [7, 11) is 0. The molecule has 0 aliphatic rings. The van der Waals surface area contributed by atoms with E-state index in [9.17, 15) is 4.79 Å². The Morgan fingerprint density at radius 3 is 2.38 bits per heavy atom. The van der Waals surface area contributed by atoms with Crippen LogP contribution in [0.4, 0.5) is 0 Å². The van der Waals surface area contributed by atoms with Crippen molar-refractivity contribution in [3.63, 3.8) is 0 Å². The van der Waals surface area contributed by atoms with Crippen LogP contribution in [0.3, 0.4) is 0 Å². The maximum Gasteiger partial charge on any atom is 0.260 e. The topological polar surface area (TPSA) is 45.8 Å². The Labute approximate surface area is 160 Å². The molecule has 0 radical (unpaired) electrons. The van der Waals surface area contributed by atoms with Crippen molar-refractivity contribution in [1.82, 2.24) is 9.97 Å². The van der Waals surface area contributed by atoms with E-state index in [1.54, 1.807) is 23.1 Å². The third kappa shape index (κ3) is 3.20. The molecular formula is C21H18N2OS2. The average molecular weight is 379 g/mol. The molecule has 4 aromatic rings. The van der Waals surface area contributed by atoms with Crippen molar-refractivity contribution in [3.05, 3.63) is 81.5 Å². The van der Waals surface area contributed by atoms with Gasteiger partial charge >= 0.3 is 0 Å². The molecule has 2 aromatic heterocycles. The number of aryl methyl sites for hydroxylation is 1. The first-order valence-electron chi connectivity index (χ1n) is 8.44. The van der Waals surface area contributed by atoms with Crippen LogP contribution in [0.2, 0.25) is 0 Å². The molecule has 5 heteroatoms. The highest BCUT2D eigenvalue weighted by Crippen LogP contribution is 2.37. The van der Waals surface area contributed by atoms with Gasteiger partial charge in [-0.2, -0.15) is 0 Å². The maximum atomic E-state index is 12.8. The number of nitrogens with zero attached hydrogens (tertiary/aromatic N) is 1. The molecule has 26 heavy (non-hydrogen) atoms. The first-order chi connectivity index (χ1) is 12.6. The fourth-order valence-corrected chi connectivity index (χ4v) is 5.09. The molecule has 0 spiro atoms. The van der Waals surface area contributed by atoms with Gasteiger partial charge in [-0.05, 0) is 25.0 Å². The van der Waals surface area contributed by atoms with Gasteiger partial charge in [0.2, 0.25) is 0 Å². The van der Waals surface area contributed by atoms with Gasteiger partial charge in [0.25, 0.3) is 5.56 Å². The number of thiophene rings is 1. The van der Waals surface area contributed by atoms with Crippen LogP contribution in [0.15, 0.2) is 70.6 Å². The number of H-pyrrole nitrogens is 1. The van der Waals surface area contributed by atoms with Crippen molar-refractivity contribution in [2.24, 2.45) is 0 Å². The zero-order valence-corrected chi connectivity index (χ0v) is 16.2. The molecule has 0 saturated heterocycles. The molecule has 0 fully saturated rings. The van der Waals surface area contributed by atoms with Gasteiger partial charge in [0.05, 0.1) is 5.39 Å². The largest absolute Gasteiger partial charge is 0.301 e. The molecule has 0 bridgehead atoms. The van der Waals surface area contributed by atoms with E-state index in [2.05, 4.69) is 24.0 Å². The average Bonchev–Trinajstić information content (AvgIpc) is 2.99. The smallest absolute Gasteiger partial charge is 0.260 e. The molecule has 0 amide bonds. The van der Waals surface area contributed by atoms with Crippen molar-refractivity contribution >= 4 is 33.3 Å². The van der Waals surface area contributed by atoms with Crippen LogP contribution in [-0.4, -0.2) is 9.97 Å². The number of rotatable bonds is 4. The van der Waals surface area contributed by atoms with Crippen LogP contribution >= 0.6 is 23.1 Å². The molecule has 2 aromatic carbocycles. The van der Waals surface area contributed by atoms with Crippen molar-refractivity contribution in [2.45, 2.75) is 24.3 Å². The molecule has 2 heterocycles.